The zero-order valence-corrected chi connectivity index (χ0v) is 17.7. The van der Waals surface area contributed by atoms with E-state index in [9.17, 15) is 14.4 Å². The lowest BCUT2D eigenvalue weighted by molar-refractivity contribution is -0.135. The van der Waals surface area contributed by atoms with Crippen molar-refractivity contribution >= 4 is 23.4 Å². The third kappa shape index (κ3) is 8.85. The van der Waals surface area contributed by atoms with Crippen molar-refractivity contribution in [1.29, 1.82) is 0 Å². The van der Waals surface area contributed by atoms with Crippen LogP contribution >= 0.6 is 0 Å². The zero-order chi connectivity index (χ0) is 21.3. The molecule has 1 aromatic carbocycles. The standard InChI is InChI=1S/C20H32N4O4/c1-7-24(13-18(26)22-20(2,3)4)14-19(27)23(5)12-17(25)21-15-9-8-10-16(11-15)28-6/h8-11H,7,12-14H2,1-6H3,(H,21,25)(H,22,26). The molecule has 2 N–H and O–H groups in total. The fourth-order valence-corrected chi connectivity index (χ4v) is 2.46. The summed E-state index contributed by atoms with van der Waals surface area (Å²) in [7, 11) is 3.12. The molecule has 0 aromatic heterocycles. The SMILES string of the molecule is CCN(CC(=O)NC(C)(C)C)CC(=O)N(C)CC(=O)Nc1cccc(OC)c1. The van der Waals surface area contributed by atoms with E-state index in [1.54, 1.807) is 43.3 Å². The number of amides is 3. The van der Waals surface area contributed by atoms with Crippen LogP contribution in [0.25, 0.3) is 0 Å². The molecular weight excluding hydrogens is 360 g/mol. The first-order chi connectivity index (χ1) is 13.0. The minimum atomic E-state index is -0.324. The van der Waals surface area contributed by atoms with Crippen LogP contribution in [0, 0.1) is 0 Å². The highest BCUT2D eigenvalue weighted by Crippen LogP contribution is 2.16. The summed E-state index contributed by atoms with van der Waals surface area (Å²) in [6.07, 6.45) is 0. The summed E-state index contributed by atoms with van der Waals surface area (Å²) < 4.78 is 5.12. The number of hydrogen-bond donors (Lipinski definition) is 2. The second-order valence-electron chi connectivity index (χ2n) is 7.63. The Morgan fingerprint density at radius 2 is 1.75 bits per heavy atom. The van der Waals surface area contributed by atoms with E-state index in [-0.39, 0.29) is 42.9 Å². The normalized spacial score (nSPS) is 11.1. The Hall–Kier alpha value is -2.61. The van der Waals surface area contributed by atoms with Gasteiger partial charge in [-0.05, 0) is 39.4 Å². The van der Waals surface area contributed by atoms with E-state index >= 15 is 0 Å². The van der Waals surface area contributed by atoms with Crippen molar-refractivity contribution in [2.24, 2.45) is 0 Å². The van der Waals surface area contributed by atoms with Crippen molar-refractivity contribution in [3.8, 4) is 5.75 Å². The van der Waals surface area contributed by atoms with Crippen LogP contribution < -0.4 is 15.4 Å². The fraction of sp³-hybridized carbons (Fsp3) is 0.550. The molecule has 0 unspecified atom stereocenters. The predicted molar refractivity (Wildman–Crippen MR) is 109 cm³/mol. The number of nitrogens with zero attached hydrogens (tertiary/aromatic N) is 2. The van der Waals surface area contributed by atoms with Crippen molar-refractivity contribution < 1.29 is 19.1 Å². The van der Waals surface area contributed by atoms with E-state index in [0.29, 0.717) is 18.0 Å². The number of carbonyl (C=O) groups excluding carboxylic acids is 3. The Morgan fingerprint density at radius 1 is 1.07 bits per heavy atom. The van der Waals surface area contributed by atoms with Gasteiger partial charge < -0.3 is 20.3 Å². The van der Waals surface area contributed by atoms with Crippen molar-refractivity contribution in [2.75, 3.05) is 45.7 Å². The van der Waals surface area contributed by atoms with E-state index in [1.807, 2.05) is 27.7 Å². The Labute approximate surface area is 167 Å². The van der Waals surface area contributed by atoms with Gasteiger partial charge >= 0.3 is 0 Å². The largest absolute Gasteiger partial charge is 0.497 e. The van der Waals surface area contributed by atoms with Crippen LogP contribution in [0.3, 0.4) is 0 Å². The molecule has 1 rings (SSSR count). The van der Waals surface area contributed by atoms with Gasteiger partial charge in [-0.1, -0.05) is 13.0 Å². The summed E-state index contributed by atoms with van der Waals surface area (Å²) in [5, 5.41) is 5.61. The van der Waals surface area contributed by atoms with Gasteiger partial charge in [0.05, 0.1) is 26.7 Å². The maximum Gasteiger partial charge on any atom is 0.243 e. The second-order valence-corrected chi connectivity index (χ2v) is 7.63. The molecule has 0 bridgehead atoms. The quantitative estimate of drug-likeness (QED) is 0.662. The van der Waals surface area contributed by atoms with Crippen LogP contribution in [0.15, 0.2) is 24.3 Å². The number of benzene rings is 1. The van der Waals surface area contributed by atoms with E-state index in [0.717, 1.165) is 0 Å². The molecule has 0 aliphatic carbocycles. The molecule has 0 aliphatic rings. The molecule has 0 saturated carbocycles. The lowest BCUT2D eigenvalue weighted by atomic mass is 10.1. The lowest BCUT2D eigenvalue weighted by Gasteiger charge is -2.26. The number of nitrogens with one attached hydrogen (secondary N) is 2. The van der Waals surface area contributed by atoms with Crippen LogP contribution in [-0.2, 0) is 14.4 Å². The first-order valence-electron chi connectivity index (χ1n) is 9.25. The third-order valence-corrected chi connectivity index (χ3v) is 3.85. The number of methoxy groups -OCH3 is 1. The molecule has 0 heterocycles. The van der Waals surface area contributed by atoms with E-state index < -0.39 is 0 Å². The summed E-state index contributed by atoms with van der Waals surface area (Å²) in [4.78, 5) is 39.8. The zero-order valence-electron chi connectivity index (χ0n) is 17.7. The molecule has 0 saturated heterocycles. The molecule has 1 aromatic rings. The predicted octanol–water partition coefficient (Wildman–Crippen LogP) is 1.33. The highest BCUT2D eigenvalue weighted by molar-refractivity contribution is 5.94. The molecule has 0 spiro atoms. The topological polar surface area (TPSA) is 91.0 Å². The molecule has 156 valence electrons. The number of rotatable bonds is 9. The van der Waals surface area contributed by atoms with E-state index in [1.165, 1.54) is 4.90 Å². The molecule has 0 radical (unpaired) electrons. The molecule has 0 fully saturated rings. The van der Waals surface area contributed by atoms with E-state index in [2.05, 4.69) is 10.6 Å². The van der Waals surface area contributed by atoms with Gasteiger partial charge in [0.1, 0.15) is 5.75 Å². The highest BCUT2D eigenvalue weighted by atomic mass is 16.5. The van der Waals surface area contributed by atoms with Crippen LogP contribution in [0.1, 0.15) is 27.7 Å². The first-order valence-corrected chi connectivity index (χ1v) is 9.25. The number of hydrogen-bond acceptors (Lipinski definition) is 5. The summed E-state index contributed by atoms with van der Waals surface area (Å²) >= 11 is 0. The molecular formula is C20H32N4O4. The number of likely N-dealkylation sites (N-methyl/N-ethyl adjacent to an activating group) is 2. The minimum Gasteiger partial charge on any atom is -0.497 e. The van der Waals surface area contributed by atoms with Crippen LogP contribution in [0.4, 0.5) is 5.69 Å². The van der Waals surface area contributed by atoms with Gasteiger partial charge in [0.2, 0.25) is 17.7 Å². The van der Waals surface area contributed by atoms with Crippen LogP contribution in [-0.4, -0.2) is 73.4 Å². The van der Waals surface area contributed by atoms with Crippen molar-refractivity contribution in [2.45, 2.75) is 33.2 Å². The van der Waals surface area contributed by atoms with Gasteiger partial charge in [-0.2, -0.15) is 0 Å². The molecule has 3 amide bonds. The Bertz CT molecular complexity index is 685. The first kappa shape index (κ1) is 23.4. The van der Waals surface area contributed by atoms with Gasteiger partial charge in [0.25, 0.3) is 0 Å². The van der Waals surface area contributed by atoms with E-state index in [4.69, 9.17) is 4.74 Å². The molecule has 28 heavy (non-hydrogen) atoms. The molecule has 0 atom stereocenters. The lowest BCUT2D eigenvalue weighted by Crippen LogP contribution is -2.48. The Morgan fingerprint density at radius 3 is 2.32 bits per heavy atom. The maximum atomic E-state index is 12.4. The van der Waals surface area contributed by atoms with Gasteiger partial charge in [-0.25, -0.2) is 0 Å². The van der Waals surface area contributed by atoms with Gasteiger partial charge in [-0.15, -0.1) is 0 Å². The van der Waals surface area contributed by atoms with Gasteiger partial charge in [0.15, 0.2) is 0 Å². The number of carbonyl (C=O) groups is 3. The van der Waals surface area contributed by atoms with Crippen molar-refractivity contribution in [3.05, 3.63) is 24.3 Å². The average molecular weight is 393 g/mol. The summed E-state index contributed by atoms with van der Waals surface area (Å²) in [5.41, 5.74) is 0.273. The highest BCUT2D eigenvalue weighted by Gasteiger charge is 2.20. The minimum absolute atomic E-state index is 0.0665. The van der Waals surface area contributed by atoms with Crippen molar-refractivity contribution in [3.63, 3.8) is 0 Å². The Kier molecular flexibility index (Phi) is 8.91. The average Bonchev–Trinajstić information content (AvgIpc) is 2.59. The van der Waals surface area contributed by atoms with Gasteiger partial charge in [0, 0.05) is 24.3 Å². The number of ether oxygens (including phenoxy) is 1. The van der Waals surface area contributed by atoms with Crippen molar-refractivity contribution in [1.82, 2.24) is 15.1 Å². The van der Waals surface area contributed by atoms with Crippen LogP contribution in [0.2, 0.25) is 0 Å². The number of anilines is 1. The Balaban J connectivity index is 2.53. The summed E-state index contributed by atoms with van der Waals surface area (Å²) in [6, 6.07) is 6.99. The fourth-order valence-electron chi connectivity index (χ4n) is 2.46. The summed E-state index contributed by atoms with van der Waals surface area (Å²) in [5.74, 6) is -0.0428. The van der Waals surface area contributed by atoms with Gasteiger partial charge in [-0.3, -0.25) is 19.3 Å². The molecule has 8 nitrogen and oxygen atoms in total. The maximum absolute atomic E-state index is 12.4. The van der Waals surface area contributed by atoms with Crippen LogP contribution in [0.5, 0.6) is 5.75 Å². The summed E-state index contributed by atoms with van der Waals surface area (Å²) in [6.45, 7) is 8.26. The second kappa shape index (κ2) is 10.7. The monoisotopic (exact) mass is 392 g/mol. The molecule has 8 heteroatoms. The smallest absolute Gasteiger partial charge is 0.243 e. The molecule has 0 aliphatic heterocycles. The third-order valence-electron chi connectivity index (χ3n) is 3.85.